The minimum Gasteiger partial charge on any atom is -0.271 e. The summed E-state index contributed by atoms with van der Waals surface area (Å²) in [5.74, 6) is 5.10. The molecule has 0 bridgehead atoms. The van der Waals surface area contributed by atoms with Gasteiger partial charge in [0.2, 0.25) is 0 Å². The Kier molecular flexibility index (Phi) is 4.25. The fourth-order valence-electron chi connectivity index (χ4n) is 1.23. The molecular formula is C10H12BrFN2. The Hall–Kier alpha value is -0.710. The van der Waals surface area contributed by atoms with E-state index in [4.69, 9.17) is 5.84 Å². The lowest BCUT2D eigenvalue weighted by Gasteiger charge is -2.15. The number of hydrogen-bond acceptors (Lipinski definition) is 2. The topological polar surface area (TPSA) is 38.0 Å². The van der Waals surface area contributed by atoms with Gasteiger partial charge in [-0.15, -0.1) is 6.58 Å². The maximum atomic E-state index is 13.0. The molecule has 3 N–H and O–H groups in total. The van der Waals surface area contributed by atoms with Crippen molar-refractivity contribution in [1.82, 2.24) is 5.43 Å². The summed E-state index contributed by atoms with van der Waals surface area (Å²) in [6, 6.07) is 4.41. The molecule has 1 aromatic carbocycles. The number of halogens is 2. The van der Waals surface area contributed by atoms with Crippen LogP contribution in [0.4, 0.5) is 4.39 Å². The molecule has 0 amide bonds. The number of benzene rings is 1. The van der Waals surface area contributed by atoms with E-state index in [0.717, 1.165) is 10.0 Å². The summed E-state index contributed by atoms with van der Waals surface area (Å²) in [4.78, 5) is 0. The molecule has 1 rings (SSSR count). The van der Waals surface area contributed by atoms with E-state index in [-0.39, 0.29) is 11.9 Å². The molecular weight excluding hydrogens is 247 g/mol. The van der Waals surface area contributed by atoms with Gasteiger partial charge in [-0.25, -0.2) is 4.39 Å². The highest BCUT2D eigenvalue weighted by atomic mass is 79.9. The normalized spacial score (nSPS) is 12.5. The number of nitrogens with two attached hydrogens (primary N) is 1. The van der Waals surface area contributed by atoms with Crippen LogP contribution in [0.5, 0.6) is 0 Å². The average Bonchev–Trinajstić information content (AvgIpc) is 2.18. The van der Waals surface area contributed by atoms with Crippen LogP contribution < -0.4 is 11.3 Å². The fourth-order valence-corrected chi connectivity index (χ4v) is 1.76. The molecule has 0 aromatic heterocycles. The second kappa shape index (κ2) is 5.24. The van der Waals surface area contributed by atoms with Crippen molar-refractivity contribution in [2.75, 3.05) is 0 Å². The van der Waals surface area contributed by atoms with E-state index in [0.29, 0.717) is 6.42 Å². The first kappa shape index (κ1) is 11.4. The molecule has 0 saturated carbocycles. The SMILES string of the molecule is C=CCC(NN)c1cc(F)ccc1Br. The molecule has 4 heteroatoms. The number of rotatable bonds is 4. The maximum absolute atomic E-state index is 13.0. The molecule has 1 atom stereocenters. The lowest BCUT2D eigenvalue weighted by molar-refractivity contribution is 0.551. The number of nitrogens with one attached hydrogen (secondary N) is 1. The minimum atomic E-state index is -0.271. The summed E-state index contributed by atoms with van der Waals surface area (Å²) < 4.78 is 13.8. The third-order valence-corrected chi connectivity index (χ3v) is 2.66. The lowest BCUT2D eigenvalue weighted by atomic mass is 10.0. The van der Waals surface area contributed by atoms with Crippen LogP contribution in [0.2, 0.25) is 0 Å². The third kappa shape index (κ3) is 2.64. The van der Waals surface area contributed by atoms with Gasteiger partial charge in [0.25, 0.3) is 0 Å². The van der Waals surface area contributed by atoms with Gasteiger partial charge in [0.15, 0.2) is 0 Å². The van der Waals surface area contributed by atoms with E-state index in [9.17, 15) is 4.39 Å². The van der Waals surface area contributed by atoms with Gasteiger partial charge >= 0.3 is 0 Å². The van der Waals surface area contributed by atoms with Gasteiger partial charge in [0, 0.05) is 4.47 Å². The predicted molar refractivity (Wildman–Crippen MR) is 59.0 cm³/mol. The standard InChI is InChI=1S/C10H12BrFN2/c1-2-3-10(14-13)8-6-7(12)4-5-9(8)11/h2,4-6,10,14H,1,3,13H2. The molecule has 76 valence electrons. The highest BCUT2D eigenvalue weighted by molar-refractivity contribution is 9.10. The van der Waals surface area contributed by atoms with Gasteiger partial charge in [0.1, 0.15) is 5.82 Å². The second-order valence-corrected chi connectivity index (χ2v) is 3.76. The molecule has 0 aliphatic rings. The first-order valence-electron chi connectivity index (χ1n) is 4.21. The minimum absolute atomic E-state index is 0.113. The van der Waals surface area contributed by atoms with Crippen molar-refractivity contribution in [1.29, 1.82) is 0 Å². The molecule has 0 saturated heterocycles. The van der Waals surface area contributed by atoms with Crippen LogP contribution in [0.1, 0.15) is 18.0 Å². The fraction of sp³-hybridized carbons (Fsp3) is 0.200. The summed E-state index contributed by atoms with van der Waals surface area (Å²) >= 11 is 3.35. The molecule has 2 nitrogen and oxygen atoms in total. The second-order valence-electron chi connectivity index (χ2n) is 2.91. The summed E-state index contributed by atoms with van der Waals surface area (Å²) in [6.45, 7) is 3.62. The summed E-state index contributed by atoms with van der Waals surface area (Å²) in [7, 11) is 0. The van der Waals surface area contributed by atoms with E-state index in [2.05, 4.69) is 27.9 Å². The summed E-state index contributed by atoms with van der Waals surface area (Å²) in [5.41, 5.74) is 3.42. The van der Waals surface area contributed by atoms with E-state index in [1.807, 2.05) is 0 Å². The highest BCUT2D eigenvalue weighted by Crippen LogP contribution is 2.26. The zero-order valence-corrected chi connectivity index (χ0v) is 9.22. The predicted octanol–water partition coefficient (Wildman–Crippen LogP) is 2.67. The molecule has 0 fully saturated rings. The Balaban J connectivity index is 3.01. The van der Waals surface area contributed by atoms with Crippen LogP contribution in [0.15, 0.2) is 35.3 Å². The van der Waals surface area contributed by atoms with E-state index in [1.165, 1.54) is 12.1 Å². The smallest absolute Gasteiger partial charge is 0.123 e. The van der Waals surface area contributed by atoms with Gasteiger partial charge in [-0.1, -0.05) is 22.0 Å². The number of hydrazine groups is 1. The first-order valence-corrected chi connectivity index (χ1v) is 5.00. The van der Waals surface area contributed by atoms with Crippen molar-refractivity contribution in [2.24, 2.45) is 5.84 Å². The molecule has 0 heterocycles. The Labute approximate surface area is 91.1 Å². The maximum Gasteiger partial charge on any atom is 0.123 e. The molecule has 1 unspecified atom stereocenters. The van der Waals surface area contributed by atoms with Crippen molar-refractivity contribution in [2.45, 2.75) is 12.5 Å². The summed E-state index contributed by atoms with van der Waals surface area (Å²) in [6.07, 6.45) is 2.39. The van der Waals surface area contributed by atoms with Crippen LogP contribution in [0.3, 0.4) is 0 Å². The van der Waals surface area contributed by atoms with Crippen molar-refractivity contribution in [3.05, 3.63) is 46.7 Å². The largest absolute Gasteiger partial charge is 0.271 e. The molecule has 1 aromatic rings. The monoisotopic (exact) mass is 258 g/mol. The van der Waals surface area contributed by atoms with Crippen molar-refractivity contribution in [3.8, 4) is 0 Å². The molecule has 0 spiro atoms. The van der Waals surface area contributed by atoms with E-state index >= 15 is 0 Å². The van der Waals surface area contributed by atoms with Gasteiger partial charge in [0.05, 0.1) is 6.04 Å². The zero-order chi connectivity index (χ0) is 10.6. The average molecular weight is 259 g/mol. The third-order valence-electron chi connectivity index (χ3n) is 1.94. The zero-order valence-electron chi connectivity index (χ0n) is 7.63. The van der Waals surface area contributed by atoms with Crippen molar-refractivity contribution < 1.29 is 4.39 Å². The van der Waals surface area contributed by atoms with Crippen LogP contribution in [0, 0.1) is 5.82 Å². The van der Waals surface area contributed by atoms with Crippen LogP contribution >= 0.6 is 15.9 Å². The van der Waals surface area contributed by atoms with Crippen molar-refractivity contribution >= 4 is 15.9 Å². The Morgan fingerprint density at radius 2 is 2.36 bits per heavy atom. The van der Waals surface area contributed by atoms with Crippen molar-refractivity contribution in [3.63, 3.8) is 0 Å². The van der Waals surface area contributed by atoms with E-state index < -0.39 is 0 Å². The van der Waals surface area contributed by atoms with Gasteiger partial charge < -0.3 is 0 Å². The van der Waals surface area contributed by atoms with Crippen LogP contribution in [-0.4, -0.2) is 0 Å². The highest BCUT2D eigenvalue weighted by Gasteiger charge is 2.11. The first-order chi connectivity index (χ1) is 6.69. The molecule has 0 radical (unpaired) electrons. The van der Waals surface area contributed by atoms with E-state index in [1.54, 1.807) is 12.1 Å². The molecule has 0 aliphatic carbocycles. The Bertz CT molecular complexity index is 328. The lowest BCUT2D eigenvalue weighted by Crippen LogP contribution is -2.27. The quantitative estimate of drug-likeness (QED) is 0.495. The van der Waals surface area contributed by atoms with Crippen LogP contribution in [0.25, 0.3) is 0 Å². The molecule has 0 aliphatic heterocycles. The Morgan fingerprint density at radius 3 is 2.93 bits per heavy atom. The van der Waals surface area contributed by atoms with Crippen LogP contribution in [-0.2, 0) is 0 Å². The Morgan fingerprint density at radius 1 is 1.64 bits per heavy atom. The number of hydrogen-bond donors (Lipinski definition) is 2. The van der Waals surface area contributed by atoms with Gasteiger partial charge in [-0.2, -0.15) is 0 Å². The summed E-state index contributed by atoms with van der Waals surface area (Å²) in [5, 5.41) is 0. The van der Waals surface area contributed by atoms with Gasteiger partial charge in [-0.05, 0) is 30.2 Å². The van der Waals surface area contributed by atoms with Gasteiger partial charge in [-0.3, -0.25) is 11.3 Å². The molecule has 14 heavy (non-hydrogen) atoms.